The number of para-hydroxylation sites is 1. The first-order valence-corrected chi connectivity index (χ1v) is 12.8. The minimum absolute atomic E-state index is 0.0619. The Bertz CT molecular complexity index is 1400. The van der Waals surface area contributed by atoms with E-state index in [0.717, 1.165) is 57.6 Å². The highest BCUT2D eigenvalue weighted by molar-refractivity contribution is 5.85. The summed E-state index contributed by atoms with van der Waals surface area (Å²) in [5.74, 6) is 1.66. The van der Waals surface area contributed by atoms with Crippen molar-refractivity contribution in [3.63, 3.8) is 0 Å². The Kier molecular flexibility index (Phi) is 7.13. The van der Waals surface area contributed by atoms with Crippen LogP contribution in [0.3, 0.4) is 0 Å². The number of aromatic nitrogens is 5. The van der Waals surface area contributed by atoms with Gasteiger partial charge in [-0.25, -0.2) is 4.68 Å². The Morgan fingerprint density at radius 1 is 1.00 bits per heavy atom. The Morgan fingerprint density at radius 3 is 2.56 bits per heavy atom. The predicted octanol–water partition coefficient (Wildman–Crippen LogP) is 4.85. The largest absolute Gasteiger partial charge is 0.496 e. The van der Waals surface area contributed by atoms with E-state index in [1.807, 2.05) is 41.9 Å². The number of aromatic amines is 1. The number of aryl methyl sites for hydroxylation is 2. The first-order chi connectivity index (χ1) is 17.5. The molecule has 36 heavy (non-hydrogen) atoms. The van der Waals surface area contributed by atoms with E-state index >= 15 is 0 Å². The van der Waals surface area contributed by atoms with E-state index in [2.05, 4.69) is 44.5 Å². The van der Waals surface area contributed by atoms with Crippen LogP contribution in [0.25, 0.3) is 10.9 Å². The van der Waals surface area contributed by atoms with E-state index in [1.54, 1.807) is 7.11 Å². The lowest BCUT2D eigenvalue weighted by molar-refractivity contribution is 0.222. The molecule has 0 aliphatic heterocycles. The van der Waals surface area contributed by atoms with Gasteiger partial charge in [0.05, 0.1) is 25.2 Å². The number of H-pyrrole nitrogens is 1. The lowest BCUT2D eigenvalue weighted by atomic mass is 9.95. The van der Waals surface area contributed by atoms with Crippen LogP contribution in [0.1, 0.15) is 66.2 Å². The van der Waals surface area contributed by atoms with Gasteiger partial charge in [-0.1, -0.05) is 49.6 Å². The molecule has 8 heteroatoms. The molecule has 0 unspecified atom stereocenters. The van der Waals surface area contributed by atoms with Crippen LogP contribution < -0.4 is 10.3 Å². The molecular weight excluding hydrogens is 452 g/mol. The highest BCUT2D eigenvalue weighted by atomic mass is 16.5. The van der Waals surface area contributed by atoms with Gasteiger partial charge < -0.3 is 9.72 Å². The zero-order valence-corrected chi connectivity index (χ0v) is 21.3. The van der Waals surface area contributed by atoms with Crippen molar-refractivity contribution in [2.45, 2.75) is 71.6 Å². The first kappa shape index (κ1) is 24.2. The maximum absolute atomic E-state index is 13.2. The molecule has 0 atom stereocenters. The number of pyridine rings is 1. The molecular formula is C28H34N6O2. The predicted molar refractivity (Wildman–Crippen MR) is 140 cm³/mol. The molecule has 0 bridgehead atoms. The smallest absolute Gasteiger partial charge is 0.252 e. The molecule has 0 amide bonds. The quantitative estimate of drug-likeness (QED) is 0.383. The molecule has 2 aromatic carbocycles. The first-order valence-electron chi connectivity index (χ1n) is 12.8. The number of nitrogens with one attached hydrogen (secondary N) is 1. The number of tetrazole rings is 1. The summed E-state index contributed by atoms with van der Waals surface area (Å²) >= 11 is 0. The zero-order chi connectivity index (χ0) is 25.1. The summed E-state index contributed by atoms with van der Waals surface area (Å²) in [6.07, 6.45) is 5.90. The number of benzene rings is 2. The highest BCUT2D eigenvalue weighted by Gasteiger charge is 2.23. The van der Waals surface area contributed by atoms with Crippen LogP contribution in [-0.2, 0) is 19.6 Å². The van der Waals surface area contributed by atoms with E-state index in [-0.39, 0.29) is 5.56 Å². The zero-order valence-electron chi connectivity index (χ0n) is 21.3. The topological polar surface area (TPSA) is 88.9 Å². The second-order valence-electron chi connectivity index (χ2n) is 9.90. The Labute approximate surface area is 211 Å². The summed E-state index contributed by atoms with van der Waals surface area (Å²) in [5, 5.41) is 13.9. The second-order valence-corrected chi connectivity index (χ2v) is 9.90. The molecule has 0 spiro atoms. The molecule has 2 heterocycles. The van der Waals surface area contributed by atoms with Crippen LogP contribution in [0.15, 0.2) is 47.3 Å². The van der Waals surface area contributed by atoms with Gasteiger partial charge in [0.1, 0.15) is 5.75 Å². The molecule has 1 N–H and O–H groups in total. The van der Waals surface area contributed by atoms with Crippen LogP contribution >= 0.6 is 0 Å². The number of nitrogens with zero attached hydrogens (tertiary/aromatic N) is 5. The van der Waals surface area contributed by atoms with Crippen LogP contribution in [0.4, 0.5) is 0 Å². The minimum atomic E-state index is -0.0619. The van der Waals surface area contributed by atoms with Crippen LogP contribution in [0.5, 0.6) is 5.75 Å². The fourth-order valence-electron chi connectivity index (χ4n) is 5.34. The molecule has 0 radical (unpaired) electrons. The van der Waals surface area contributed by atoms with Gasteiger partial charge in [0.25, 0.3) is 5.56 Å². The number of hydrogen-bond donors (Lipinski definition) is 1. The van der Waals surface area contributed by atoms with Crippen molar-refractivity contribution < 1.29 is 4.74 Å². The molecule has 1 aliphatic carbocycles. The van der Waals surface area contributed by atoms with Crippen molar-refractivity contribution in [2.75, 3.05) is 7.11 Å². The second kappa shape index (κ2) is 10.6. The van der Waals surface area contributed by atoms with E-state index < -0.39 is 0 Å². The number of ether oxygens (including phenoxy) is 1. The van der Waals surface area contributed by atoms with Gasteiger partial charge in [-0.3, -0.25) is 9.69 Å². The molecule has 188 valence electrons. The van der Waals surface area contributed by atoms with Crippen molar-refractivity contribution in [3.05, 3.63) is 80.9 Å². The van der Waals surface area contributed by atoms with Crippen LogP contribution in [0, 0.1) is 13.8 Å². The fraction of sp³-hybridized carbons (Fsp3) is 0.429. The van der Waals surface area contributed by atoms with Gasteiger partial charge in [0, 0.05) is 29.6 Å². The Morgan fingerprint density at radius 2 is 1.75 bits per heavy atom. The molecule has 1 saturated carbocycles. The standard InChI is InChI=1S/C28H34N6O2/c1-19-13-14-20(2)27-24(19)15-22(28(35)29-27)17-33(16-21-9-7-8-12-25(21)36-3)18-26-30-31-32-34(26)23-10-5-4-6-11-23/h7-9,12-15,23H,4-6,10-11,16-18H2,1-3H3,(H,29,35). The van der Waals surface area contributed by atoms with Gasteiger partial charge in [-0.05, 0) is 60.4 Å². The number of methoxy groups -OCH3 is 1. The van der Waals surface area contributed by atoms with E-state index in [1.165, 1.54) is 19.3 Å². The molecule has 4 aromatic rings. The molecule has 2 aromatic heterocycles. The molecule has 5 rings (SSSR count). The van der Waals surface area contributed by atoms with Gasteiger partial charge in [0.2, 0.25) is 0 Å². The van der Waals surface area contributed by atoms with Crippen molar-refractivity contribution in [1.82, 2.24) is 30.1 Å². The summed E-state index contributed by atoms with van der Waals surface area (Å²) in [7, 11) is 1.69. The fourth-order valence-corrected chi connectivity index (χ4v) is 5.34. The minimum Gasteiger partial charge on any atom is -0.496 e. The maximum Gasteiger partial charge on any atom is 0.252 e. The number of rotatable bonds is 8. The average Bonchev–Trinajstić information content (AvgIpc) is 3.36. The van der Waals surface area contributed by atoms with Gasteiger partial charge >= 0.3 is 0 Å². The molecule has 1 fully saturated rings. The monoisotopic (exact) mass is 486 g/mol. The Balaban J connectivity index is 1.50. The summed E-state index contributed by atoms with van der Waals surface area (Å²) in [4.78, 5) is 18.5. The van der Waals surface area contributed by atoms with Gasteiger partial charge in [-0.2, -0.15) is 0 Å². The lowest BCUT2D eigenvalue weighted by Gasteiger charge is -2.26. The van der Waals surface area contributed by atoms with Crippen molar-refractivity contribution in [3.8, 4) is 5.75 Å². The third-order valence-electron chi connectivity index (χ3n) is 7.35. The van der Waals surface area contributed by atoms with Crippen molar-refractivity contribution in [2.24, 2.45) is 0 Å². The number of hydrogen-bond acceptors (Lipinski definition) is 6. The molecule has 0 saturated heterocycles. The molecule has 8 nitrogen and oxygen atoms in total. The van der Waals surface area contributed by atoms with Crippen LogP contribution in [-0.4, -0.2) is 37.2 Å². The van der Waals surface area contributed by atoms with Crippen LogP contribution in [0.2, 0.25) is 0 Å². The van der Waals surface area contributed by atoms with Crippen molar-refractivity contribution in [1.29, 1.82) is 0 Å². The third-order valence-corrected chi connectivity index (χ3v) is 7.35. The normalized spacial score (nSPS) is 14.6. The van der Waals surface area contributed by atoms with Gasteiger partial charge in [-0.15, -0.1) is 5.10 Å². The average molecular weight is 487 g/mol. The maximum atomic E-state index is 13.2. The van der Waals surface area contributed by atoms with E-state index in [4.69, 9.17) is 4.74 Å². The summed E-state index contributed by atoms with van der Waals surface area (Å²) in [6, 6.07) is 14.5. The highest BCUT2D eigenvalue weighted by Crippen LogP contribution is 2.29. The lowest BCUT2D eigenvalue weighted by Crippen LogP contribution is -2.29. The van der Waals surface area contributed by atoms with E-state index in [0.29, 0.717) is 25.7 Å². The summed E-state index contributed by atoms with van der Waals surface area (Å²) in [6.45, 7) is 5.71. The van der Waals surface area contributed by atoms with Crippen molar-refractivity contribution >= 4 is 10.9 Å². The van der Waals surface area contributed by atoms with E-state index in [9.17, 15) is 4.79 Å². The number of fused-ring (bicyclic) bond motifs is 1. The SMILES string of the molecule is COc1ccccc1CN(Cc1cc2c(C)ccc(C)c2[nH]c1=O)Cc1nnnn1C1CCCCC1. The van der Waals surface area contributed by atoms with Gasteiger partial charge in [0.15, 0.2) is 5.82 Å². The third kappa shape index (κ3) is 5.04. The summed E-state index contributed by atoms with van der Waals surface area (Å²) in [5.41, 5.74) is 4.83. The summed E-state index contributed by atoms with van der Waals surface area (Å²) < 4.78 is 7.63. The Hall–Kier alpha value is -3.52. The molecule has 1 aliphatic rings.